The minimum absolute atomic E-state index is 0.0296. The zero-order chi connectivity index (χ0) is 17.9. The number of benzene rings is 2. The summed E-state index contributed by atoms with van der Waals surface area (Å²) in [6.07, 6.45) is 1.80. The summed E-state index contributed by atoms with van der Waals surface area (Å²) in [6, 6.07) is 19.2. The largest absolute Gasteiger partial charge is 0.481 e. The molecule has 5 heteroatoms. The Morgan fingerprint density at radius 1 is 0.920 bits per heavy atom. The highest BCUT2D eigenvalue weighted by Gasteiger charge is 2.14. The average molecular weight is 340 g/mol. The molecule has 2 aromatic carbocycles. The van der Waals surface area contributed by atoms with Crippen LogP contribution in [-0.2, 0) is 17.6 Å². The minimum atomic E-state index is -0.857. The van der Waals surface area contributed by atoms with Crippen LogP contribution in [0.2, 0.25) is 0 Å². The molecule has 0 radical (unpaired) electrons. The summed E-state index contributed by atoms with van der Waals surface area (Å²) in [6.45, 7) is 0.535. The molecule has 0 aliphatic heterocycles. The highest BCUT2D eigenvalue weighted by molar-refractivity contribution is 5.74. The van der Waals surface area contributed by atoms with E-state index in [4.69, 9.17) is 5.11 Å². The molecule has 0 saturated carbocycles. The number of urea groups is 1. The summed E-state index contributed by atoms with van der Waals surface area (Å²) < 4.78 is 0. The fourth-order valence-electron chi connectivity index (χ4n) is 2.62. The van der Waals surface area contributed by atoms with Crippen LogP contribution in [0, 0.1) is 0 Å². The molecular weight excluding hydrogens is 316 g/mol. The fourth-order valence-corrected chi connectivity index (χ4v) is 2.62. The highest BCUT2D eigenvalue weighted by Crippen LogP contribution is 2.08. The second kappa shape index (κ2) is 10.1. The van der Waals surface area contributed by atoms with Crippen LogP contribution in [0.15, 0.2) is 60.7 Å². The predicted molar refractivity (Wildman–Crippen MR) is 97.5 cm³/mol. The van der Waals surface area contributed by atoms with Crippen molar-refractivity contribution in [1.29, 1.82) is 0 Å². The van der Waals surface area contributed by atoms with E-state index in [1.54, 1.807) is 0 Å². The van der Waals surface area contributed by atoms with Gasteiger partial charge in [-0.15, -0.1) is 0 Å². The monoisotopic (exact) mass is 340 g/mol. The predicted octanol–water partition coefficient (Wildman–Crippen LogP) is 3.00. The van der Waals surface area contributed by atoms with E-state index in [1.807, 2.05) is 60.7 Å². The molecule has 1 unspecified atom stereocenters. The van der Waals surface area contributed by atoms with Gasteiger partial charge in [0.25, 0.3) is 0 Å². The van der Waals surface area contributed by atoms with Gasteiger partial charge < -0.3 is 15.7 Å². The van der Waals surface area contributed by atoms with Crippen LogP contribution in [0.4, 0.5) is 4.79 Å². The Labute approximate surface area is 148 Å². The van der Waals surface area contributed by atoms with Crippen LogP contribution in [-0.4, -0.2) is 29.7 Å². The average Bonchev–Trinajstić information content (AvgIpc) is 2.61. The van der Waals surface area contributed by atoms with E-state index in [2.05, 4.69) is 10.6 Å². The number of rotatable bonds is 9. The number of amides is 2. The van der Waals surface area contributed by atoms with Crippen molar-refractivity contribution in [2.24, 2.45) is 0 Å². The topological polar surface area (TPSA) is 78.4 Å². The number of carbonyl (C=O) groups excluding carboxylic acids is 1. The zero-order valence-electron chi connectivity index (χ0n) is 14.2. The number of hydrogen-bond acceptors (Lipinski definition) is 2. The lowest BCUT2D eigenvalue weighted by Crippen LogP contribution is -2.44. The molecule has 0 aliphatic rings. The van der Waals surface area contributed by atoms with Crippen LogP contribution < -0.4 is 10.6 Å². The molecule has 0 saturated heterocycles. The van der Waals surface area contributed by atoms with E-state index >= 15 is 0 Å². The molecule has 0 bridgehead atoms. The third-order valence-electron chi connectivity index (χ3n) is 3.91. The number of aliphatic carboxylic acids is 1. The molecule has 0 fully saturated rings. The van der Waals surface area contributed by atoms with Crippen LogP contribution in [0.25, 0.3) is 0 Å². The summed E-state index contributed by atoms with van der Waals surface area (Å²) in [7, 11) is 0. The summed E-state index contributed by atoms with van der Waals surface area (Å²) in [5, 5.41) is 14.6. The van der Waals surface area contributed by atoms with Crippen molar-refractivity contribution in [2.45, 2.75) is 31.7 Å². The Morgan fingerprint density at radius 3 is 2.12 bits per heavy atom. The SMILES string of the molecule is O=C(O)CCC(Cc1ccccc1)NC(=O)NCCc1ccccc1. The van der Waals surface area contributed by atoms with E-state index in [9.17, 15) is 9.59 Å². The van der Waals surface area contributed by atoms with Gasteiger partial charge in [0.1, 0.15) is 0 Å². The lowest BCUT2D eigenvalue weighted by atomic mass is 10.0. The van der Waals surface area contributed by atoms with Crippen LogP contribution in [0.1, 0.15) is 24.0 Å². The Hall–Kier alpha value is -2.82. The first kappa shape index (κ1) is 18.5. The minimum Gasteiger partial charge on any atom is -0.481 e. The lowest BCUT2D eigenvalue weighted by molar-refractivity contribution is -0.137. The second-order valence-corrected chi connectivity index (χ2v) is 5.95. The van der Waals surface area contributed by atoms with Gasteiger partial charge in [0.15, 0.2) is 0 Å². The number of carboxylic acid groups (broad SMARTS) is 1. The van der Waals surface area contributed by atoms with Gasteiger partial charge >= 0.3 is 12.0 Å². The van der Waals surface area contributed by atoms with Crippen molar-refractivity contribution in [3.8, 4) is 0 Å². The van der Waals surface area contributed by atoms with E-state index in [1.165, 1.54) is 0 Å². The van der Waals surface area contributed by atoms with Gasteiger partial charge in [-0.3, -0.25) is 4.79 Å². The number of carboxylic acids is 1. The van der Waals surface area contributed by atoms with Crippen LogP contribution >= 0.6 is 0 Å². The standard InChI is InChI=1S/C20H24N2O3/c23-19(24)12-11-18(15-17-9-5-2-6-10-17)22-20(25)21-14-13-16-7-3-1-4-8-16/h1-10,18H,11-15H2,(H,23,24)(H2,21,22,25). The first-order chi connectivity index (χ1) is 12.1. The molecule has 132 valence electrons. The van der Waals surface area contributed by atoms with Gasteiger partial charge in [-0.25, -0.2) is 4.79 Å². The molecule has 0 heterocycles. The van der Waals surface area contributed by atoms with Crippen molar-refractivity contribution in [2.75, 3.05) is 6.54 Å². The normalized spacial score (nSPS) is 11.5. The van der Waals surface area contributed by atoms with Gasteiger partial charge in [0.05, 0.1) is 0 Å². The van der Waals surface area contributed by atoms with Gasteiger partial charge in [0, 0.05) is 19.0 Å². The van der Waals surface area contributed by atoms with Crippen molar-refractivity contribution < 1.29 is 14.7 Å². The molecule has 2 rings (SSSR count). The van der Waals surface area contributed by atoms with Gasteiger partial charge in [-0.2, -0.15) is 0 Å². The zero-order valence-corrected chi connectivity index (χ0v) is 14.2. The number of carbonyl (C=O) groups is 2. The van der Waals surface area contributed by atoms with E-state index in [-0.39, 0.29) is 18.5 Å². The third kappa shape index (κ3) is 7.52. The molecular formula is C20H24N2O3. The van der Waals surface area contributed by atoms with E-state index < -0.39 is 5.97 Å². The molecule has 0 aromatic heterocycles. The quantitative estimate of drug-likeness (QED) is 0.656. The van der Waals surface area contributed by atoms with Gasteiger partial charge in [-0.05, 0) is 30.4 Å². The number of nitrogens with one attached hydrogen (secondary N) is 2. The number of hydrogen-bond donors (Lipinski definition) is 3. The lowest BCUT2D eigenvalue weighted by Gasteiger charge is -2.18. The molecule has 2 aromatic rings. The molecule has 3 N–H and O–H groups in total. The van der Waals surface area contributed by atoms with Crippen molar-refractivity contribution >= 4 is 12.0 Å². The fraction of sp³-hybridized carbons (Fsp3) is 0.300. The Kier molecular flexibility index (Phi) is 7.50. The van der Waals surface area contributed by atoms with Crippen molar-refractivity contribution in [3.63, 3.8) is 0 Å². The Bertz CT molecular complexity index is 659. The molecule has 0 aliphatic carbocycles. The molecule has 2 amide bonds. The molecule has 0 spiro atoms. The maximum absolute atomic E-state index is 12.1. The third-order valence-corrected chi connectivity index (χ3v) is 3.91. The summed E-state index contributed by atoms with van der Waals surface area (Å²) in [5.41, 5.74) is 2.23. The smallest absolute Gasteiger partial charge is 0.315 e. The Balaban J connectivity index is 1.82. The highest BCUT2D eigenvalue weighted by atomic mass is 16.4. The maximum atomic E-state index is 12.1. The van der Waals surface area contributed by atoms with Crippen molar-refractivity contribution in [3.05, 3.63) is 71.8 Å². The molecule has 1 atom stereocenters. The summed E-state index contributed by atoms with van der Waals surface area (Å²) >= 11 is 0. The maximum Gasteiger partial charge on any atom is 0.315 e. The molecule has 5 nitrogen and oxygen atoms in total. The van der Waals surface area contributed by atoms with E-state index in [0.717, 1.165) is 17.5 Å². The second-order valence-electron chi connectivity index (χ2n) is 5.95. The first-order valence-electron chi connectivity index (χ1n) is 8.47. The van der Waals surface area contributed by atoms with Crippen LogP contribution in [0.5, 0.6) is 0 Å². The van der Waals surface area contributed by atoms with Gasteiger partial charge in [-0.1, -0.05) is 60.7 Å². The molecule has 25 heavy (non-hydrogen) atoms. The summed E-state index contributed by atoms with van der Waals surface area (Å²) in [4.78, 5) is 23.0. The van der Waals surface area contributed by atoms with Crippen LogP contribution in [0.3, 0.4) is 0 Å². The first-order valence-corrected chi connectivity index (χ1v) is 8.47. The summed E-state index contributed by atoms with van der Waals surface area (Å²) in [5.74, 6) is -0.857. The van der Waals surface area contributed by atoms with Gasteiger partial charge in [0.2, 0.25) is 0 Å². The Morgan fingerprint density at radius 2 is 1.52 bits per heavy atom. The van der Waals surface area contributed by atoms with Crippen molar-refractivity contribution in [1.82, 2.24) is 10.6 Å². The van der Waals surface area contributed by atoms with E-state index in [0.29, 0.717) is 19.4 Å².